The maximum Gasteiger partial charge on any atom is 0 e. The normalized spacial score (nSPS) is 20.1. The summed E-state index contributed by atoms with van der Waals surface area (Å²) in [4.78, 5) is 16.7. The first-order valence-electron chi connectivity index (χ1n) is 8.09. The molecule has 1 aromatic carbocycles. The van der Waals surface area contributed by atoms with Crippen LogP contribution in [0.25, 0.3) is 0 Å². The average molecular weight is 453 g/mol. The minimum absolute atomic E-state index is 0. The van der Waals surface area contributed by atoms with Gasteiger partial charge in [-0.2, -0.15) is 0 Å². The van der Waals surface area contributed by atoms with Gasteiger partial charge >= 0.3 is 39.9 Å². The van der Waals surface area contributed by atoms with Crippen molar-refractivity contribution in [1.29, 1.82) is 0 Å². The van der Waals surface area contributed by atoms with Crippen LogP contribution >= 0.6 is 0 Å². The van der Waals surface area contributed by atoms with Gasteiger partial charge in [-0.25, -0.2) is 9.79 Å². The summed E-state index contributed by atoms with van der Waals surface area (Å²) in [5.41, 5.74) is 0.233. The van der Waals surface area contributed by atoms with Crippen molar-refractivity contribution >= 4 is 11.9 Å². The molecular weight excluding hydrogens is 434 g/mol. The Morgan fingerprint density at radius 1 is 1.10 bits per heavy atom. The summed E-state index contributed by atoms with van der Waals surface area (Å²) >= 11 is 0. The number of hydrogen-bond donors (Lipinski definition) is 0. The molecule has 0 amide bonds. The summed E-state index contributed by atoms with van der Waals surface area (Å²) in [5, 5.41) is 0. The molecule has 1 fully saturated rings. The van der Waals surface area contributed by atoms with E-state index in [1.165, 1.54) is 0 Å². The summed E-state index contributed by atoms with van der Waals surface area (Å²) in [6, 6.07) is 5.68. The fourth-order valence-corrected chi connectivity index (χ4v) is 2.83. The van der Waals surface area contributed by atoms with Crippen molar-refractivity contribution in [2.45, 2.75) is 24.8 Å². The van der Waals surface area contributed by atoms with Gasteiger partial charge in [-0.05, 0) is 31.0 Å². The van der Waals surface area contributed by atoms with Crippen molar-refractivity contribution in [1.82, 2.24) is 0 Å². The van der Waals surface area contributed by atoms with Gasteiger partial charge in [0.1, 0.15) is 0 Å². The topological polar surface area (TPSA) is 117 Å². The summed E-state index contributed by atoms with van der Waals surface area (Å²) < 4.78 is 38.3. The molecule has 2 atom stereocenters. The van der Waals surface area contributed by atoms with Gasteiger partial charge < -0.3 is 14.2 Å². The van der Waals surface area contributed by atoms with Crippen LogP contribution in [-0.2, 0) is 40.6 Å². The van der Waals surface area contributed by atoms with Gasteiger partial charge in [0.15, 0.2) is 17.0 Å². The largest absolute Gasteiger partial charge is 0 e. The Bertz CT molecular complexity index is 840. The Morgan fingerprint density at radius 2 is 1.70 bits per heavy atom. The van der Waals surface area contributed by atoms with Crippen LogP contribution in [0.4, 0.5) is 0 Å². The molecule has 1 aliphatic carbocycles. The van der Waals surface area contributed by atoms with Gasteiger partial charge in [0.2, 0.25) is 5.90 Å². The second-order valence-corrected chi connectivity index (χ2v) is 5.52. The number of esters is 1. The maximum atomic E-state index is 12.2. The smallest absolute Gasteiger partial charge is 0 e. The van der Waals surface area contributed by atoms with Crippen LogP contribution in [0.1, 0.15) is 24.8 Å². The molecule has 0 bridgehead atoms. The molecule has 0 radical (unpaired) electrons. The third kappa shape index (κ3) is 6.61. The number of methoxy groups -OCH3 is 2. The monoisotopic (exact) mass is 453 g/mol. The third-order valence-corrected chi connectivity index (χ3v) is 4.14. The zero-order valence-electron chi connectivity index (χ0n) is 16.5. The van der Waals surface area contributed by atoms with Crippen molar-refractivity contribution in [3.8, 4) is 11.5 Å². The molecule has 2 aliphatic rings. The number of allylic oxidation sites excluding steroid dienone is 3. The van der Waals surface area contributed by atoms with E-state index in [-0.39, 0.29) is 29.0 Å². The quantitative estimate of drug-likeness (QED) is 0.224. The first kappa shape index (κ1) is 29.4. The van der Waals surface area contributed by atoms with Gasteiger partial charge in [-0.3, -0.25) is 0 Å². The van der Waals surface area contributed by atoms with E-state index in [0.717, 1.165) is 5.56 Å². The number of cyclic esters (lactones) is 1. The van der Waals surface area contributed by atoms with Gasteiger partial charge in [-0.1, -0.05) is 24.3 Å². The molecule has 1 aliphatic heterocycles. The molecule has 8 nitrogen and oxygen atoms in total. The average Bonchev–Trinajstić information content (AvgIpc) is 3.43. The number of hydrogen-bond acceptors (Lipinski definition) is 5. The molecule has 3 rings (SSSR count). The number of ether oxygens (including phenoxy) is 3. The Morgan fingerprint density at radius 3 is 2.23 bits per heavy atom. The van der Waals surface area contributed by atoms with Crippen LogP contribution < -0.4 is 9.47 Å². The Kier molecular flexibility index (Phi) is 14.8. The summed E-state index contributed by atoms with van der Waals surface area (Å²) in [7, 11) is 3.19. The third-order valence-electron chi connectivity index (χ3n) is 4.14. The zero-order valence-corrected chi connectivity index (χ0v) is 17.6. The van der Waals surface area contributed by atoms with E-state index in [4.69, 9.17) is 28.2 Å². The van der Waals surface area contributed by atoms with Crippen molar-refractivity contribution in [3.63, 3.8) is 0 Å². The predicted octanol–water partition coefficient (Wildman–Crippen LogP) is 2.90. The summed E-state index contributed by atoms with van der Waals surface area (Å²) in [6.07, 6.45) is 7.92. The van der Waals surface area contributed by atoms with Crippen molar-refractivity contribution in [3.05, 3.63) is 68.0 Å². The van der Waals surface area contributed by atoms with E-state index in [1.54, 1.807) is 26.4 Å². The Labute approximate surface area is 185 Å². The molecule has 0 N–H and O–H groups in total. The van der Waals surface area contributed by atoms with Gasteiger partial charge in [0, 0.05) is 29.1 Å². The van der Waals surface area contributed by atoms with Gasteiger partial charge in [-0.15, -0.1) is 0 Å². The van der Waals surface area contributed by atoms with Crippen molar-refractivity contribution in [2.75, 3.05) is 14.2 Å². The number of carbonyl (C=O) groups is 1. The molecule has 0 aromatic heterocycles. The molecular formula is C21H19FeNO7. The zero-order chi connectivity index (χ0) is 22.4. The second-order valence-electron chi connectivity index (χ2n) is 5.52. The van der Waals surface area contributed by atoms with Crippen LogP contribution in [-0.4, -0.2) is 31.6 Å². The molecule has 1 saturated carbocycles. The molecule has 30 heavy (non-hydrogen) atoms. The molecule has 0 saturated heterocycles. The minimum Gasteiger partial charge on any atom is 0 e. The van der Waals surface area contributed by atoms with Gasteiger partial charge in [0.25, 0.3) is 0 Å². The van der Waals surface area contributed by atoms with E-state index < -0.39 is 5.54 Å². The van der Waals surface area contributed by atoms with Crippen LogP contribution in [0, 0.1) is 20.0 Å². The Hall–Kier alpha value is -2.82. The molecule has 1 spiro atoms. The number of aliphatic imine (C=N–C) groups is 1. The molecule has 158 valence electrons. The standard InChI is InChI=1S/C18H19NO4.3CO.Fe/c1-4-5-6-7-16-19-18(17(20)23-16)11-13(18)12-8-9-14(21-2)15(10-12)22-3;3*1-2;/h4-10,13H,11H2,1-3H3;;;;/b5-4+,7-6+;;;;/t13-,18-;;;;/m1..../s1. The van der Waals surface area contributed by atoms with E-state index in [9.17, 15) is 4.79 Å². The number of carbonyl (C=O) groups excluding carboxylic acids is 1. The van der Waals surface area contributed by atoms with Crippen LogP contribution in [0.3, 0.4) is 0 Å². The molecule has 9 heteroatoms. The SMILES string of the molecule is C/C=C/C=C/C1=N[C@@]2(C[C@@H]2c2ccc(OC)c(OC)c2)C(=O)O1.[C-]#[O+].[C-]#[O+].[C-]#[O+].[Fe]. The first-order valence-corrected chi connectivity index (χ1v) is 8.09. The van der Waals surface area contributed by atoms with Crippen molar-refractivity contribution < 1.29 is 50.0 Å². The van der Waals surface area contributed by atoms with E-state index >= 15 is 0 Å². The van der Waals surface area contributed by atoms with E-state index in [1.807, 2.05) is 37.3 Å². The summed E-state index contributed by atoms with van der Waals surface area (Å²) in [5.74, 6) is 1.42. The fourth-order valence-electron chi connectivity index (χ4n) is 2.83. The van der Waals surface area contributed by atoms with E-state index in [0.29, 0.717) is 23.8 Å². The molecule has 1 heterocycles. The van der Waals surface area contributed by atoms with Gasteiger partial charge in [0.05, 0.1) is 14.2 Å². The number of rotatable bonds is 5. The van der Waals surface area contributed by atoms with Crippen LogP contribution in [0.5, 0.6) is 11.5 Å². The summed E-state index contributed by atoms with van der Waals surface area (Å²) in [6.45, 7) is 15.4. The van der Waals surface area contributed by atoms with Crippen LogP contribution in [0.15, 0.2) is 47.5 Å². The van der Waals surface area contributed by atoms with Crippen LogP contribution in [0.2, 0.25) is 0 Å². The fraction of sp³-hybridized carbons (Fsp3) is 0.286. The maximum absolute atomic E-state index is 12.2. The second kappa shape index (κ2) is 15.1. The predicted molar refractivity (Wildman–Crippen MR) is 98.9 cm³/mol. The Balaban J connectivity index is 0. The molecule has 0 unspecified atom stereocenters. The molecule has 1 aromatic rings. The van der Waals surface area contributed by atoms with E-state index in [2.05, 4.69) is 24.9 Å². The number of nitrogens with zero attached hydrogens (tertiary/aromatic N) is 1. The number of benzene rings is 1. The minimum atomic E-state index is -0.769. The van der Waals surface area contributed by atoms with Crippen molar-refractivity contribution in [2.24, 2.45) is 4.99 Å². The first-order chi connectivity index (χ1) is 14.1.